The molecule has 0 aliphatic carbocycles. The molecule has 1 fully saturated rings. The van der Waals surface area contributed by atoms with Gasteiger partial charge in [-0.2, -0.15) is 0 Å². The van der Waals surface area contributed by atoms with Gasteiger partial charge in [-0.1, -0.05) is 24.3 Å². The van der Waals surface area contributed by atoms with Crippen LogP contribution in [0, 0.1) is 5.82 Å². The van der Waals surface area contributed by atoms with Crippen molar-refractivity contribution < 1.29 is 17.5 Å². The normalized spacial score (nSPS) is 16.5. The van der Waals surface area contributed by atoms with Crippen LogP contribution in [0.4, 0.5) is 4.39 Å². The summed E-state index contributed by atoms with van der Waals surface area (Å²) in [6.07, 6.45) is 1.69. The lowest BCUT2D eigenvalue weighted by Gasteiger charge is -2.32. The summed E-state index contributed by atoms with van der Waals surface area (Å²) < 4.78 is 45.3. The van der Waals surface area contributed by atoms with Crippen molar-refractivity contribution in [3.05, 3.63) is 59.9 Å². The van der Waals surface area contributed by atoms with Crippen molar-refractivity contribution in [1.82, 2.24) is 9.62 Å². The Morgan fingerprint density at radius 1 is 1.12 bits per heavy atom. The lowest BCUT2D eigenvalue weighted by Crippen LogP contribution is -2.37. The van der Waals surface area contributed by atoms with Gasteiger partial charge in [0.2, 0.25) is 10.0 Å². The molecule has 26 heavy (non-hydrogen) atoms. The number of rotatable bonds is 6. The van der Waals surface area contributed by atoms with Crippen LogP contribution in [0.15, 0.2) is 53.4 Å². The van der Waals surface area contributed by atoms with E-state index >= 15 is 0 Å². The van der Waals surface area contributed by atoms with Gasteiger partial charge in [0.15, 0.2) is 11.6 Å². The SMILES string of the molecule is CNS(=O)(=O)c1ccc(CN2CCC(Oc3ccccc3F)CC2)cc1. The van der Waals surface area contributed by atoms with Gasteiger partial charge in [-0.25, -0.2) is 17.5 Å². The quantitative estimate of drug-likeness (QED) is 0.840. The van der Waals surface area contributed by atoms with Gasteiger partial charge in [0.1, 0.15) is 6.10 Å². The van der Waals surface area contributed by atoms with Crippen molar-refractivity contribution in [2.75, 3.05) is 20.1 Å². The topological polar surface area (TPSA) is 58.6 Å². The molecule has 5 nitrogen and oxygen atoms in total. The summed E-state index contributed by atoms with van der Waals surface area (Å²) in [4.78, 5) is 2.56. The average Bonchev–Trinajstić information content (AvgIpc) is 2.66. The van der Waals surface area contributed by atoms with Crippen LogP contribution in [0.5, 0.6) is 5.75 Å². The first-order chi connectivity index (χ1) is 12.5. The Kier molecular flexibility index (Phi) is 5.90. The second-order valence-electron chi connectivity index (χ2n) is 6.38. The third-order valence-corrected chi connectivity index (χ3v) is 6.00. The van der Waals surface area contributed by atoms with Gasteiger partial charge < -0.3 is 4.74 Å². The summed E-state index contributed by atoms with van der Waals surface area (Å²) in [5.41, 5.74) is 1.06. The number of hydrogen-bond acceptors (Lipinski definition) is 4. The average molecular weight is 378 g/mol. The number of halogens is 1. The number of hydrogen-bond donors (Lipinski definition) is 1. The molecule has 0 saturated carbocycles. The minimum Gasteiger partial charge on any atom is -0.487 e. The van der Waals surface area contributed by atoms with Crippen molar-refractivity contribution >= 4 is 10.0 Å². The van der Waals surface area contributed by atoms with E-state index in [0.717, 1.165) is 38.0 Å². The van der Waals surface area contributed by atoms with E-state index in [-0.39, 0.29) is 16.8 Å². The van der Waals surface area contributed by atoms with Gasteiger partial charge in [-0.15, -0.1) is 0 Å². The molecule has 0 atom stereocenters. The minimum absolute atomic E-state index is 0.0197. The molecule has 140 valence electrons. The van der Waals surface area contributed by atoms with Crippen molar-refractivity contribution in [1.29, 1.82) is 0 Å². The Morgan fingerprint density at radius 2 is 1.77 bits per heavy atom. The zero-order valence-electron chi connectivity index (χ0n) is 14.7. The molecule has 7 heteroatoms. The molecule has 0 amide bonds. The largest absolute Gasteiger partial charge is 0.487 e. The van der Waals surface area contributed by atoms with Crippen LogP contribution in [-0.2, 0) is 16.6 Å². The molecule has 1 heterocycles. The van der Waals surface area contributed by atoms with Crippen LogP contribution in [0.2, 0.25) is 0 Å². The van der Waals surface area contributed by atoms with E-state index in [9.17, 15) is 12.8 Å². The summed E-state index contributed by atoms with van der Waals surface area (Å²) in [6, 6.07) is 13.4. The van der Waals surface area contributed by atoms with Gasteiger partial charge in [0.25, 0.3) is 0 Å². The highest BCUT2D eigenvalue weighted by atomic mass is 32.2. The maximum absolute atomic E-state index is 13.7. The second-order valence-corrected chi connectivity index (χ2v) is 8.26. The number of nitrogens with zero attached hydrogens (tertiary/aromatic N) is 1. The fourth-order valence-corrected chi connectivity index (χ4v) is 3.79. The van der Waals surface area contributed by atoms with E-state index in [1.54, 1.807) is 30.3 Å². The van der Waals surface area contributed by atoms with E-state index in [1.807, 2.05) is 12.1 Å². The number of piperidine rings is 1. The van der Waals surface area contributed by atoms with E-state index in [2.05, 4.69) is 9.62 Å². The molecule has 0 aromatic heterocycles. The minimum atomic E-state index is -3.40. The van der Waals surface area contributed by atoms with E-state index in [1.165, 1.54) is 13.1 Å². The first-order valence-electron chi connectivity index (χ1n) is 8.64. The Bertz CT molecular complexity index is 832. The highest BCUT2D eigenvalue weighted by molar-refractivity contribution is 7.89. The Labute approximate surface area is 153 Å². The fraction of sp³-hybridized carbons (Fsp3) is 0.368. The van der Waals surface area contributed by atoms with Crippen molar-refractivity contribution in [3.8, 4) is 5.75 Å². The molecule has 0 unspecified atom stereocenters. The molecular formula is C19H23FN2O3S. The molecule has 1 aliphatic rings. The highest BCUT2D eigenvalue weighted by Crippen LogP contribution is 2.22. The second kappa shape index (κ2) is 8.16. The lowest BCUT2D eigenvalue weighted by atomic mass is 10.1. The fourth-order valence-electron chi connectivity index (χ4n) is 3.06. The number of likely N-dealkylation sites (tertiary alicyclic amines) is 1. The first kappa shape index (κ1) is 18.8. The van der Waals surface area contributed by atoms with Crippen LogP contribution < -0.4 is 9.46 Å². The van der Waals surface area contributed by atoms with Gasteiger partial charge in [-0.05, 0) is 49.7 Å². The van der Waals surface area contributed by atoms with Gasteiger partial charge in [-0.3, -0.25) is 4.90 Å². The maximum atomic E-state index is 13.7. The van der Waals surface area contributed by atoms with E-state index in [4.69, 9.17) is 4.74 Å². The number of sulfonamides is 1. The monoisotopic (exact) mass is 378 g/mol. The predicted octanol–water partition coefficient (Wildman–Crippen LogP) is 2.78. The molecule has 2 aromatic carbocycles. The van der Waals surface area contributed by atoms with Crippen molar-refractivity contribution in [2.24, 2.45) is 0 Å². The van der Waals surface area contributed by atoms with Gasteiger partial charge in [0, 0.05) is 19.6 Å². The molecule has 0 radical (unpaired) electrons. The maximum Gasteiger partial charge on any atom is 0.240 e. The number of nitrogens with one attached hydrogen (secondary N) is 1. The lowest BCUT2D eigenvalue weighted by molar-refractivity contribution is 0.0935. The van der Waals surface area contributed by atoms with E-state index in [0.29, 0.717) is 5.75 Å². The molecular weight excluding hydrogens is 355 g/mol. The summed E-state index contributed by atoms with van der Waals surface area (Å²) in [7, 11) is -2.00. The highest BCUT2D eigenvalue weighted by Gasteiger charge is 2.21. The Hall–Kier alpha value is -1.96. The first-order valence-corrected chi connectivity index (χ1v) is 10.1. The molecule has 2 aromatic rings. The zero-order chi connectivity index (χ0) is 18.6. The molecule has 1 aliphatic heterocycles. The standard InChI is InChI=1S/C19H23FN2O3S/c1-21-26(23,24)17-8-6-15(7-9-17)14-22-12-10-16(11-13-22)25-19-5-3-2-4-18(19)20/h2-9,16,21H,10-14H2,1H3. The summed E-state index contributed by atoms with van der Waals surface area (Å²) >= 11 is 0. The summed E-state index contributed by atoms with van der Waals surface area (Å²) in [5.74, 6) is -0.0150. The third-order valence-electron chi connectivity index (χ3n) is 4.57. The van der Waals surface area contributed by atoms with Crippen LogP contribution in [0.1, 0.15) is 18.4 Å². The molecule has 0 spiro atoms. The van der Waals surface area contributed by atoms with Crippen molar-refractivity contribution in [3.63, 3.8) is 0 Å². The van der Waals surface area contributed by atoms with Crippen molar-refractivity contribution in [2.45, 2.75) is 30.4 Å². The van der Waals surface area contributed by atoms with Gasteiger partial charge in [0.05, 0.1) is 4.90 Å². The predicted molar refractivity (Wildman–Crippen MR) is 98.0 cm³/mol. The molecule has 3 rings (SSSR count). The third kappa shape index (κ3) is 4.60. The summed E-state index contributed by atoms with van der Waals surface area (Å²) in [5, 5.41) is 0. The smallest absolute Gasteiger partial charge is 0.240 e. The Morgan fingerprint density at radius 3 is 2.38 bits per heavy atom. The number of benzene rings is 2. The van der Waals surface area contributed by atoms with Crippen LogP contribution >= 0.6 is 0 Å². The number of ether oxygens (including phenoxy) is 1. The molecule has 1 N–H and O–H groups in total. The Balaban J connectivity index is 1.52. The van der Waals surface area contributed by atoms with Gasteiger partial charge >= 0.3 is 0 Å². The molecule has 0 bridgehead atoms. The van der Waals surface area contributed by atoms with Crippen LogP contribution in [0.25, 0.3) is 0 Å². The zero-order valence-corrected chi connectivity index (χ0v) is 15.5. The van der Waals surface area contributed by atoms with Crippen LogP contribution in [-0.4, -0.2) is 39.6 Å². The molecule has 1 saturated heterocycles. The van der Waals surface area contributed by atoms with Crippen LogP contribution in [0.3, 0.4) is 0 Å². The number of para-hydroxylation sites is 1. The summed E-state index contributed by atoms with van der Waals surface area (Å²) in [6.45, 7) is 2.47. The van der Waals surface area contributed by atoms with E-state index < -0.39 is 10.0 Å².